The van der Waals surface area contributed by atoms with Gasteiger partial charge in [-0.2, -0.15) is 13.2 Å². The maximum atomic E-state index is 12.7. The highest BCUT2D eigenvalue weighted by atomic mass is 79.9. The van der Waals surface area contributed by atoms with Crippen molar-refractivity contribution >= 4 is 44.1 Å². The molecule has 0 aliphatic rings. The summed E-state index contributed by atoms with van der Waals surface area (Å²) >= 11 is 3.44. The lowest BCUT2D eigenvalue weighted by molar-refractivity contribution is -0.137. The standard InChI is InChI=1S/C18H12BrF3N2O/c19-15-8-9-16(14-7-2-1-6-13(14)15)24-17(25)23-12-5-3-4-11(10-12)18(20,21)22/h1-10H,(H2,23,24,25). The molecular formula is C18H12BrF3N2O. The van der Waals surface area contributed by atoms with E-state index in [0.29, 0.717) is 5.69 Å². The SMILES string of the molecule is O=C(Nc1cccc(C(F)(F)F)c1)Nc1ccc(Br)c2ccccc12. The second kappa shape index (κ2) is 6.76. The molecule has 0 saturated heterocycles. The first-order valence-corrected chi connectivity index (χ1v) is 8.06. The lowest BCUT2D eigenvalue weighted by atomic mass is 10.1. The number of amides is 2. The van der Waals surface area contributed by atoms with Gasteiger partial charge in [0.25, 0.3) is 0 Å². The number of alkyl halides is 3. The molecule has 25 heavy (non-hydrogen) atoms. The van der Waals surface area contributed by atoms with Gasteiger partial charge in [0.15, 0.2) is 0 Å². The van der Waals surface area contributed by atoms with Crippen LogP contribution in [0, 0.1) is 0 Å². The fraction of sp³-hybridized carbons (Fsp3) is 0.0556. The van der Waals surface area contributed by atoms with Crippen molar-refractivity contribution in [2.24, 2.45) is 0 Å². The number of carbonyl (C=O) groups excluding carboxylic acids is 1. The Morgan fingerprint density at radius 2 is 1.60 bits per heavy atom. The van der Waals surface area contributed by atoms with Crippen LogP contribution < -0.4 is 10.6 Å². The molecule has 7 heteroatoms. The van der Waals surface area contributed by atoms with Crippen molar-refractivity contribution in [1.29, 1.82) is 0 Å². The van der Waals surface area contributed by atoms with Crippen LogP contribution in [-0.2, 0) is 6.18 Å². The Morgan fingerprint density at radius 3 is 2.32 bits per heavy atom. The Hall–Kier alpha value is -2.54. The molecule has 3 aromatic carbocycles. The number of halogens is 4. The van der Waals surface area contributed by atoms with Gasteiger partial charge < -0.3 is 10.6 Å². The van der Waals surface area contributed by atoms with E-state index >= 15 is 0 Å². The van der Waals surface area contributed by atoms with Gasteiger partial charge in [-0.15, -0.1) is 0 Å². The molecule has 0 aliphatic heterocycles. The molecule has 0 radical (unpaired) electrons. The maximum absolute atomic E-state index is 12.7. The van der Waals surface area contributed by atoms with Crippen LogP contribution in [-0.4, -0.2) is 6.03 Å². The predicted molar refractivity (Wildman–Crippen MR) is 95.7 cm³/mol. The van der Waals surface area contributed by atoms with Crippen LogP contribution in [0.3, 0.4) is 0 Å². The van der Waals surface area contributed by atoms with Gasteiger partial charge in [0, 0.05) is 15.5 Å². The van der Waals surface area contributed by atoms with Gasteiger partial charge in [-0.3, -0.25) is 0 Å². The minimum absolute atomic E-state index is 0.0637. The van der Waals surface area contributed by atoms with Crippen molar-refractivity contribution in [2.45, 2.75) is 6.18 Å². The molecule has 3 rings (SSSR count). The third kappa shape index (κ3) is 3.93. The number of urea groups is 1. The summed E-state index contributed by atoms with van der Waals surface area (Å²) in [5, 5.41) is 6.82. The van der Waals surface area contributed by atoms with Crippen LogP contribution >= 0.6 is 15.9 Å². The fourth-order valence-electron chi connectivity index (χ4n) is 2.43. The molecule has 2 amide bonds. The Balaban J connectivity index is 1.81. The quantitative estimate of drug-likeness (QED) is 0.515. The fourth-order valence-corrected chi connectivity index (χ4v) is 2.91. The Bertz CT molecular complexity index is 941. The van der Waals surface area contributed by atoms with E-state index < -0.39 is 17.8 Å². The van der Waals surface area contributed by atoms with E-state index in [0.717, 1.165) is 27.4 Å². The van der Waals surface area contributed by atoms with Gasteiger partial charge in [0.2, 0.25) is 0 Å². The summed E-state index contributed by atoms with van der Waals surface area (Å²) in [4.78, 5) is 12.2. The minimum atomic E-state index is -4.46. The van der Waals surface area contributed by atoms with Crippen molar-refractivity contribution in [3.63, 3.8) is 0 Å². The third-order valence-electron chi connectivity index (χ3n) is 3.57. The van der Waals surface area contributed by atoms with Crippen molar-refractivity contribution in [1.82, 2.24) is 0 Å². The first-order valence-electron chi connectivity index (χ1n) is 7.27. The second-order valence-electron chi connectivity index (χ2n) is 5.30. The van der Waals surface area contributed by atoms with Crippen LogP contribution in [0.2, 0.25) is 0 Å². The average Bonchev–Trinajstić information content (AvgIpc) is 2.57. The van der Waals surface area contributed by atoms with Gasteiger partial charge in [-0.25, -0.2) is 4.79 Å². The van der Waals surface area contributed by atoms with E-state index in [-0.39, 0.29) is 5.69 Å². The predicted octanol–water partition coefficient (Wildman–Crippen LogP) is 6.27. The van der Waals surface area contributed by atoms with E-state index in [2.05, 4.69) is 26.6 Å². The van der Waals surface area contributed by atoms with Crippen LogP contribution in [0.25, 0.3) is 10.8 Å². The van der Waals surface area contributed by atoms with E-state index in [1.54, 1.807) is 12.1 Å². The molecule has 0 aliphatic carbocycles. The molecule has 0 unspecified atom stereocenters. The van der Waals surface area contributed by atoms with E-state index in [4.69, 9.17) is 0 Å². The number of hydrogen-bond donors (Lipinski definition) is 2. The monoisotopic (exact) mass is 408 g/mol. The summed E-state index contributed by atoms with van der Waals surface area (Å²) in [5.41, 5.74) is -0.198. The number of rotatable bonds is 2. The van der Waals surface area contributed by atoms with Crippen molar-refractivity contribution < 1.29 is 18.0 Å². The molecule has 0 spiro atoms. The highest BCUT2D eigenvalue weighted by Crippen LogP contribution is 2.31. The highest BCUT2D eigenvalue weighted by molar-refractivity contribution is 9.10. The Morgan fingerprint density at radius 1 is 0.880 bits per heavy atom. The van der Waals surface area contributed by atoms with E-state index in [1.807, 2.05) is 24.3 Å². The summed E-state index contributed by atoms with van der Waals surface area (Å²) in [7, 11) is 0. The number of carbonyl (C=O) groups is 1. The minimum Gasteiger partial charge on any atom is -0.308 e. The lowest BCUT2D eigenvalue weighted by Crippen LogP contribution is -2.20. The summed E-state index contributed by atoms with van der Waals surface area (Å²) in [6, 6.07) is 14.8. The molecule has 3 nitrogen and oxygen atoms in total. The first kappa shape index (κ1) is 17.3. The van der Waals surface area contributed by atoms with Gasteiger partial charge >= 0.3 is 12.2 Å². The Kier molecular flexibility index (Phi) is 4.67. The van der Waals surface area contributed by atoms with E-state index in [1.165, 1.54) is 12.1 Å². The molecule has 0 saturated carbocycles. The summed E-state index contributed by atoms with van der Waals surface area (Å²) in [5.74, 6) is 0. The second-order valence-corrected chi connectivity index (χ2v) is 6.15. The molecule has 0 bridgehead atoms. The van der Waals surface area contributed by atoms with Crippen molar-refractivity contribution in [2.75, 3.05) is 10.6 Å². The number of hydrogen-bond acceptors (Lipinski definition) is 1. The van der Waals surface area contributed by atoms with Crippen LogP contribution in [0.4, 0.5) is 29.3 Å². The topological polar surface area (TPSA) is 41.1 Å². The molecule has 0 aromatic heterocycles. The number of fused-ring (bicyclic) bond motifs is 1. The normalized spacial score (nSPS) is 11.4. The van der Waals surface area contributed by atoms with Crippen molar-refractivity contribution in [3.8, 4) is 0 Å². The first-order chi connectivity index (χ1) is 11.8. The largest absolute Gasteiger partial charge is 0.416 e. The Labute approximate surface area is 150 Å². The smallest absolute Gasteiger partial charge is 0.308 e. The van der Waals surface area contributed by atoms with Gasteiger partial charge in [-0.1, -0.05) is 46.3 Å². The maximum Gasteiger partial charge on any atom is 0.416 e. The van der Waals surface area contributed by atoms with Gasteiger partial charge in [0.1, 0.15) is 0 Å². The zero-order chi connectivity index (χ0) is 18.0. The van der Waals surface area contributed by atoms with Crippen LogP contribution in [0.15, 0.2) is 65.1 Å². The number of nitrogens with one attached hydrogen (secondary N) is 2. The summed E-state index contributed by atoms with van der Waals surface area (Å²) < 4.78 is 39.1. The average molecular weight is 409 g/mol. The summed E-state index contributed by atoms with van der Waals surface area (Å²) in [6.45, 7) is 0. The van der Waals surface area contributed by atoms with E-state index in [9.17, 15) is 18.0 Å². The molecular weight excluding hydrogens is 397 g/mol. The van der Waals surface area contributed by atoms with Gasteiger partial charge in [-0.05, 0) is 35.7 Å². The molecule has 0 fully saturated rings. The van der Waals surface area contributed by atoms with Crippen LogP contribution in [0.5, 0.6) is 0 Å². The zero-order valence-corrected chi connectivity index (χ0v) is 14.3. The molecule has 3 aromatic rings. The number of benzene rings is 3. The number of anilines is 2. The van der Waals surface area contributed by atoms with Crippen molar-refractivity contribution in [3.05, 3.63) is 70.7 Å². The zero-order valence-electron chi connectivity index (χ0n) is 12.7. The summed E-state index contributed by atoms with van der Waals surface area (Å²) in [6.07, 6.45) is -4.46. The van der Waals surface area contributed by atoms with Gasteiger partial charge in [0.05, 0.1) is 11.3 Å². The molecule has 128 valence electrons. The lowest BCUT2D eigenvalue weighted by Gasteiger charge is -2.12. The third-order valence-corrected chi connectivity index (χ3v) is 4.26. The molecule has 2 N–H and O–H groups in total. The molecule has 0 heterocycles. The van der Waals surface area contributed by atoms with Crippen LogP contribution in [0.1, 0.15) is 5.56 Å². The molecule has 0 atom stereocenters. The highest BCUT2D eigenvalue weighted by Gasteiger charge is 2.30.